The Balaban J connectivity index is 1.45. The van der Waals surface area contributed by atoms with Crippen molar-refractivity contribution in [3.05, 3.63) is 89.2 Å². The lowest BCUT2D eigenvalue weighted by Gasteiger charge is -2.32. The van der Waals surface area contributed by atoms with Crippen LogP contribution >= 0.6 is 0 Å². The molecule has 2 aliphatic heterocycles. The van der Waals surface area contributed by atoms with E-state index in [-0.39, 0.29) is 5.91 Å². The van der Waals surface area contributed by atoms with Crippen LogP contribution in [0.2, 0.25) is 0 Å². The summed E-state index contributed by atoms with van der Waals surface area (Å²) >= 11 is 0. The molecule has 0 atom stereocenters. The monoisotopic (exact) mass is 483 g/mol. The SMILES string of the molecule is COC(=O)c1ccc2c(c1)NC(=O)C2=C(Nc1ccc(CN2CCN(C)CC2)cc1)c1ccncc1. The quantitative estimate of drug-likeness (QED) is 0.410. The Morgan fingerprint density at radius 3 is 2.42 bits per heavy atom. The van der Waals surface area contributed by atoms with Crippen LogP contribution in [0, 0.1) is 0 Å². The first kappa shape index (κ1) is 23.7. The number of piperazine rings is 1. The van der Waals surface area contributed by atoms with Crippen molar-refractivity contribution in [3.63, 3.8) is 0 Å². The molecule has 36 heavy (non-hydrogen) atoms. The molecule has 0 aliphatic carbocycles. The molecule has 184 valence electrons. The Kier molecular flexibility index (Phi) is 6.79. The van der Waals surface area contributed by atoms with Crippen LogP contribution < -0.4 is 10.6 Å². The zero-order valence-electron chi connectivity index (χ0n) is 20.5. The lowest BCUT2D eigenvalue weighted by molar-refractivity contribution is -0.110. The van der Waals surface area contributed by atoms with Crippen LogP contribution in [0.25, 0.3) is 11.3 Å². The van der Waals surface area contributed by atoms with Crippen LogP contribution in [-0.4, -0.2) is 67.0 Å². The van der Waals surface area contributed by atoms with E-state index in [9.17, 15) is 9.59 Å². The molecule has 0 spiro atoms. The van der Waals surface area contributed by atoms with Crippen LogP contribution in [0.15, 0.2) is 67.0 Å². The van der Waals surface area contributed by atoms with Crippen molar-refractivity contribution in [2.45, 2.75) is 6.54 Å². The Morgan fingerprint density at radius 2 is 1.72 bits per heavy atom. The van der Waals surface area contributed by atoms with Crippen LogP contribution in [-0.2, 0) is 16.1 Å². The van der Waals surface area contributed by atoms with Gasteiger partial charge >= 0.3 is 5.97 Å². The highest BCUT2D eigenvalue weighted by atomic mass is 16.5. The molecule has 1 fully saturated rings. The van der Waals surface area contributed by atoms with Crippen molar-refractivity contribution in [3.8, 4) is 0 Å². The number of nitrogens with one attached hydrogen (secondary N) is 2. The van der Waals surface area contributed by atoms with Gasteiger partial charge in [-0.1, -0.05) is 18.2 Å². The van der Waals surface area contributed by atoms with Gasteiger partial charge in [0.05, 0.1) is 29.6 Å². The lowest BCUT2D eigenvalue weighted by Crippen LogP contribution is -2.43. The average Bonchev–Trinajstić information content (AvgIpc) is 3.24. The molecule has 2 N–H and O–H groups in total. The Morgan fingerprint density at radius 1 is 1.00 bits per heavy atom. The number of hydrogen-bond donors (Lipinski definition) is 2. The number of fused-ring (bicyclic) bond motifs is 1. The number of benzene rings is 2. The molecule has 0 bridgehead atoms. The van der Waals surface area contributed by atoms with E-state index in [0.29, 0.717) is 22.5 Å². The first-order valence-electron chi connectivity index (χ1n) is 12.0. The Hall–Kier alpha value is -4.01. The molecule has 0 unspecified atom stereocenters. The van der Waals surface area contributed by atoms with E-state index in [1.54, 1.807) is 30.6 Å². The number of pyridine rings is 1. The number of rotatable bonds is 6. The van der Waals surface area contributed by atoms with E-state index in [1.807, 2.05) is 24.3 Å². The van der Waals surface area contributed by atoms with Crippen molar-refractivity contribution < 1.29 is 14.3 Å². The molecular weight excluding hydrogens is 454 g/mol. The molecule has 1 aromatic heterocycles. The van der Waals surface area contributed by atoms with Crippen molar-refractivity contribution in [2.75, 3.05) is 51.0 Å². The summed E-state index contributed by atoms with van der Waals surface area (Å²) in [6.07, 6.45) is 3.40. The van der Waals surface area contributed by atoms with Gasteiger partial charge < -0.3 is 20.3 Å². The lowest BCUT2D eigenvalue weighted by atomic mass is 9.99. The molecule has 2 aromatic carbocycles. The van der Waals surface area contributed by atoms with Gasteiger partial charge in [0.1, 0.15) is 0 Å². The number of esters is 1. The Labute approximate surface area is 210 Å². The maximum atomic E-state index is 13.1. The maximum Gasteiger partial charge on any atom is 0.337 e. The molecule has 0 radical (unpaired) electrons. The second kappa shape index (κ2) is 10.3. The van der Waals surface area contributed by atoms with Crippen molar-refractivity contribution >= 4 is 34.5 Å². The first-order valence-corrected chi connectivity index (χ1v) is 12.0. The second-order valence-electron chi connectivity index (χ2n) is 9.09. The van der Waals surface area contributed by atoms with Gasteiger partial charge in [-0.25, -0.2) is 4.79 Å². The highest BCUT2D eigenvalue weighted by Gasteiger charge is 2.29. The van der Waals surface area contributed by atoms with Gasteiger partial charge in [0, 0.05) is 61.9 Å². The predicted octanol–water partition coefficient (Wildman–Crippen LogP) is 3.55. The van der Waals surface area contributed by atoms with Gasteiger partial charge in [-0.2, -0.15) is 0 Å². The zero-order valence-corrected chi connectivity index (χ0v) is 20.5. The van der Waals surface area contributed by atoms with Crippen molar-refractivity contribution in [1.29, 1.82) is 0 Å². The molecule has 8 nitrogen and oxygen atoms in total. The average molecular weight is 484 g/mol. The smallest absolute Gasteiger partial charge is 0.337 e. The molecule has 1 saturated heterocycles. The third-order valence-corrected chi connectivity index (χ3v) is 6.63. The summed E-state index contributed by atoms with van der Waals surface area (Å²) in [6.45, 7) is 5.24. The molecule has 1 amide bonds. The molecular formula is C28H29N5O3. The van der Waals surface area contributed by atoms with Crippen LogP contribution in [0.3, 0.4) is 0 Å². The number of carbonyl (C=O) groups is 2. The number of amides is 1. The summed E-state index contributed by atoms with van der Waals surface area (Å²) in [5.74, 6) is -0.688. The van der Waals surface area contributed by atoms with Crippen LogP contribution in [0.1, 0.15) is 27.0 Å². The summed E-state index contributed by atoms with van der Waals surface area (Å²) < 4.78 is 4.82. The van der Waals surface area contributed by atoms with Crippen molar-refractivity contribution in [2.24, 2.45) is 0 Å². The highest BCUT2D eigenvalue weighted by Crippen LogP contribution is 2.38. The zero-order chi connectivity index (χ0) is 25.1. The molecule has 3 aromatic rings. The van der Waals surface area contributed by atoms with E-state index >= 15 is 0 Å². The first-order chi connectivity index (χ1) is 17.5. The van der Waals surface area contributed by atoms with Gasteiger partial charge in [-0.3, -0.25) is 14.7 Å². The Bertz CT molecular complexity index is 1300. The largest absolute Gasteiger partial charge is 0.465 e. The predicted molar refractivity (Wildman–Crippen MR) is 140 cm³/mol. The molecule has 8 heteroatoms. The van der Waals surface area contributed by atoms with Gasteiger partial charge in [0.25, 0.3) is 5.91 Å². The van der Waals surface area contributed by atoms with Crippen molar-refractivity contribution in [1.82, 2.24) is 14.8 Å². The number of anilines is 2. The standard InChI is InChI=1S/C28H29N5O3/c1-32-13-15-33(16-14-32)18-19-3-6-22(7-4-19)30-26(20-9-11-29-12-10-20)25-23-8-5-21(28(35)36-2)17-24(23)31-27(25)34/h3-12,17,30H,13-16,18H2,1-2H3,(H,31,34). The molecule has 0 saturated carbocycles. The van der Waals surface area contributed by atoms with Crippen LogP contribution in [0.5, 0.6) is 0 Å². The van der Waals surface area contributed by atoms with E-state index in [0.717, 1.165) is 49.5 Å². The number of ether oxygens (including phenoxy) is 1. The third kappa shape index (κ3) is 5.00. The second-order valence-corrected chi connectivity index (χ2v) is 9.09. The summed E-state index contributed by atoms with van der Waals surface area (Å²) in [7, 11) is 3.50. The number of carbonyl (C=O) groups excluding carboxylic acids is 2. The normalized spacial score (nSPS) is 17.3. The summed E-state index contributed by atoms with van der Waals surface area (Å²) in [6, 6.07) is 17.2. The summed E-state index contributed by atoms with van der Waals surface area (Å²) in [5.41, 5.74) is 5.83. The van der Waals surface area contributed by atoms with Crippen LogP contribution in [0.4, 0.5) is 11.4 Å². The van der Waals surface area contributed by atoms with E-state index < -0.39 is 5.97 Å². The van der Waals surface area contributed by atoms with Gasteiger partial charge in [-0.15, -0.1) is 0 Å². The number of hydrogen-bond acceptors (Lipinski definition) is 7. The molecule has 2 aliphatic rings. The van der Waals surface area contributed by atoms with Gasteiger partial charge in [-0.05, 0) is 49.0 Å². The minimum absolute atomic E-state index is 0.238. The number of aromatic nitrogens is 1. The highest BCUT2D eigenvalue weighted by molar-refractivity contribution is 6.37. The summed E-state index contributed by atoms with van der Waals surface area (Å²) in [5, 5.41) is 6.36. The fourth-order valence-electron chi connectivity index (χ4n) is 4.57. The molecule has 5 rings (SSSR count). The number of likely N-dealkylation sites (N-methyl/N-ethyl adjacent to an activating group) is 1. The maximum absolute atomic E-state index is 13.1. The van der Waals surface area contributed by atoms with E-state index in [1.165, 1.54) is 12.7 Å². The number of methoxy groups -OCH3 is 1. The molecule has 3 heterocycles. The van der Waals surface area contributed by atoms with E-state index in [2.05, 4.69) is 44.6 Å². The minimum Gasteiger partial charge on any atom is -0.465 e. The topological polar surface area (TPSA) is 86.8 Å². The fourth-order valence-corrected chi connectivity index (χ4v) is 4.57. The fraction of sp³-hybridized carbons (Fsp3) is 0.250. The number of nitrogens with zero attached hydrogens (tertiary/aromatic N) is 3. The van der Waals surface area contributed by atoms with Gasteiger partial charge in [0.2, 0.25) is 0 Å². The summed E-state index contributed by atoms with van der Waals surface area (Å²) in [4.78, 5) is 34.1. The van der Waals surface area contributed by atoms with Gasteiger partial charge in [0.15, 0.2) is 0 Å². The van der Waals surface area contributed by atoms with E-state index in [4.69, 9.17) is 4.74 Å². The third-order valence-electron chi connectivity index (χ3n) is 6.63. The minimum atomic E-state index is -0.450.